The zero-order valence-corrected chi connectivity index (χ0v) is 11.6. The van der Waals surface area contributed by atoms with Crippen molar-refractivity contribution in [3.8, 4) is 0 Å². The minimum Gasteiger partial charge on any atom is -0.480 e. The molecule has 2 aliphatic rings. The molecule has 3 atom stereocenters. The summed E-state index contributed by atoms with van der Waals surface area (Å²) in [4.78, 5) is 37.4. The van der Waals surface area contributed by atoms with Crippen LogP contribution in [-0.4, -0.2) is 58.5 Å². The summed E-state index contributed by atoms with van der Waals surface area (Å²) in [6, 6.07) is -1.22. The van der Waals surface area contributed by atoms with E-state index in [1.807, 2.05) is 0 Å². The maximum absolute atomic E-state index is 12.4. The summed E-state index contributed by atoms with van der Waals surface area (Å²) in [6.07, 6.45) is 4.42. The molecule has 3 N–H and O–H groups in total. The van der Waals surface area contributed by atoms with Gasteiger partial charge >= 0.3 is 12.0 Å². The SMILES string of the molecule is CN(CC(N)=O)C(=O)N1C(C(=O)O)CC2CCCCC21. The van der Waals surface area contributed by atoms with Gasteiger partial charge in [-0.2, -0.15) is 0 Å². The molecule has 112 valence electrons. The Balaban J connectivity index is 2.18. The number of urea groups is 1. The Hall–Kier alpha value is -1.79. The van der Waals surface area contributed by atoms with Crippen LogP contribution in [0.1, 0.15) is 32.1 Å². The molecule has 0 spiro atoms. The van der Waals surface area contributed by atoms with Gasteiger partial charge in [-0.1, -0.05) is 12.8 Å². The number of nitrogens with zero attached hydrogens (tertiary/aromatic N) is 2. The third-order valence-electron chi connectivity index (χ3n) is 4.31. The summed E-state index contributed by atoms with van der Waals surface area (Å²) in [7, 11) is 1.47. The van der Waals surface area contributed by atoms with Gasteiger partial charge in [0.15, 0.2) is 0 Å². The van der Waals surface area contributed by atoms with Crippen molar-refractivity contribution in [2.75, 3.05) is 13.6 Å². The fourth-order valence-corrected chi connectivity index (χ4v) is 3.45. The van der Waals surface area contributed by atoms with Crippen molar-refractivity contribution < 1.29 is 19.5 Å². The van der Waals surface area contributed by atoms with E-state index < -0.39 is 23.9 Å². The Morgan fingerprint density at radius 3 is 2.55 bits per heavy atom. The number of carboxylic acids is 1. The van der Waals surface area contributed by atoms with E-state index in [0.717, 1.165) is 25.7 Å². The molecule has 1 aliphatic carbocycles. The quantitative estimate of drug-likeness (QED) is 0.774. The lowest BCUT2D eigenvalue weighted by atomic mass is 9.85. The molecule has 0 bridgehead atoms. The van der Waals surface area contributed by atoms with Crippen LogP contribution in [0.2, 0.25) is 0 Å². The minimum atomic E-state index is -0.972. The van der Waals surface area contributed by atoms with E-state index in [-0.39, 0.29) is 18.5 Å². The number of nitrogens with two attached hydrogens (primary N) is 1. The van der Waals surface area contributed by atoms with Gasteiger partial charge in [-0.3, -0.25) is 4.79 Å². The predicted molar refractivity (Wildman–Crippen MR) is 70.8 cm³/mol. The maximum atomic E-state index is 12.4. The topological polar surface area (TPSA) is 104 Å². The number of carboxylic acid groups (broad SMARTS) is 1. The molecule has 3 amide bonds. The molecule has 0 aromatic heterocycles. The molecule has 1 saturated heterocycles. The van der Waals surface area contributed by atoms with Crippen LogP contribution in [0.15, 0.2) is 0 Å². The van der Waals surface area contributed by atoms with Crippen LogP contribution in [0.3, 0.4) is 0 Å². The third kappa shape index (κ3) is 2.71. The molecule has 7 nitrogen and oxygen atoms in total. The van der Waals surface area contributed by atoms with E-state index in [1.54, 1.807) is 0 Å². The summed E-state index contributed by atoms with van der Waals surface area (Å²) in [5.41, 5.74) is 5.09. The summed E-state index contributed by atoms with van der Waals surface area (Å²) in [5.74, 6) is -1.32. The molecule has 0 aromatic rings. The number of hydrogen-bond donors (Lipinski definition) is 2. The number of carbonyl (C=O) groups excluding carboxylic acids is 2. The first-order chi connectivity index (χ1) is 9.41. The van der Waals surface area contributed by atoms with E-state index in [9.17, 15) is 19.5 Å². The molecule has 2 fully saturated rings. The average molecular weight is 283 g/mol. The van der Waals surface area contributed by atoms with Crippen LogP contribution in [0.4, 0.5) is 4.79 Å². The molecule has 1 aliphatic heterocycles. The Morgan fingerprint density at radius 1 is 1.30 bits per heavy atom. The van der Waals surface area contributed by atoms with Gasteiger partial charge in [0, 0.05) is 13.1 Å². The van der Waals surface area contributed by atoms with Crippen LogP contribution in [0.5, 0.6) is 0 Å². The first kappa shape index (κ1) is 14.6. The van der Waals surface area contributed by atoms with Crippen molar-refractivity contribution in [2.45, 2.75) is 44.2 Å². The fraction of sp³-hybridized carbons (Fsp3) is 0.769. The lowest BCUT2D eigenvalue weighted by Gasteiger charge is -2.35. The number of likely N-dealkylation sites (tertiary alicyclic amines) is 1. The smallest absolute Gasteiger partial charge is 0.326 e. The van der Waals surface area contributed by atoms with Gasteiger partial charge in [0.25, 0.3) is 0 Å². The van der Waals surface area contributed by atoms with E-state index in [1.165, 1.54) is 16.8 Å². The van der Waals surface area contributed by atoms with Crippen LogP contribution < -0.4 is 5.73 Å². The number of primary amides is 1. The highest BCUT2D eigenvalue weighted by Crippen LogP contribution is 2.40. The van der Waals surface area contributed by atoms with Crippen LogP contribution >= 0.6 is 0 Å². The standard InChI is InChI=1S/C13H21N3O4/c1-15(7-11(14)17)13(20)16-9-5-3-2-4-8(9)6-10(16)12(18)19/h8-10H,2-7H2,1H3,(H2,14,17)(H,18,19). The highest BCUT2D eigenvalue weighted by Gasteiger charge is 2.48. The molecule has 1 saturated carbocycles. The molecule has 7 heteroatoms. The van der Waals surface area contributed by atoms with Gasteiger partial charge in [0.05, 0.1) is 0 Å². The van der Waals surface area contributed by atoms with Gasteiger partial charge in [0.1, 0.15) is 12.6 Å². The highest BCUT2D eigenvalue weighted by molar-refractivity contribution is 5.86. The number of likely N-dealkylation sites (N-methyl/N-ethyl adjacent to an activating group) is 1. The normalized spacial score (nSPS) is 28.9. The van der Waals surface area contributed by atoms with E-state index in [2.05, 4.69) is 0 Å². The molecule has 3 unspecified atom stereocenters. The number of rotatable bonds is 3. The Labute approximate surface area is 117 Å². The fourth-order valence-electron chi connectivity index (χ4n) is 3.45. The lowest BCUT2D eigenvalue weighted by molar-refractivity contribution is -0.141. The minimum absolute atomic E-state index is 0.0207. The second-order valence-electron chi connectivity index (χ2n) is 5.71. The Bertz CT molecular complexity index is 426. The average Bonchev–Trinajstić information content (AvgIpc) is 2.76. The van der Waals surface area contributed by atoms with Crippen molar-refractivity contribution in [1.82, 2.24) is 9.80 Å². The second-order valence-corrected chi connectivity index (χ2v) is 5.71. The highest BCUT2D eigenvalue weighted by atomic mass is 16.4. The van der Waals surface area contributed by atoms with Gasteiger partial charge in [0.2, 0.25) is 5.91 Å². The van der Waals surface area contributed by atoms with Crippen LogP contribution in [0.25, 0.3) is 0 Å². The van der Waals surface area contributed by atoms with E-state index in [0.29, 0.717) is 6.42 Å². The van der Waals surface area contributed by atoms with E-state index in [4.69, 9.17) is 5.73 Å². The van der Waals surface area contributed by atoms with Crippen molar-refractivity contribution in [3.05, 3.63) is 0 Å². The number of amides is 3. The number of aliphatic carboxylic acids is 1. The summed E-state index contributed by atoms with van der Waals surface area (Å²) < 4.78 is 0. The van der Waals surface area contributed by atoms with Crippen LogP contribution in [-0.2, 0) is 9.59 Å². The third-order valence-corrected chi connectivity index (χ3v) is 4.31. The van der Waals surface area contributed by atoms with E-state index >= 15 is 0 Å². The summed E-state index contributed by atoms with van der Waals surface area (Å²) >= 11 is 0. The maximum Gasteiger partial charge on any atom is 0.326 e. The summed E-state index contributed by atoms with van der Waals surface area (Å²) in [5, 5.41) is 9.34. The predicted octanol–water partition coefficient (Wildman–Crippen LogP) is 0.241. The second kappa shape index (κ2) is 5.68. The zero-order chi connectivity index (χ0) is 14.9. The Morgan fingerprint density at radius 2 is 1.95 bits per heavy atom. The lowest BCUT2D eigenvalue weighted by Crippen LogP contribution is -2.52. The first-order valence-corrected chi connectivity index (χ1v) is 6.96. The monoisotopic (exact) mass is 283 g/mol. The molecule has 1 heterocycles. The Kier molecular flexibility index (Phi) is 4.15. The number of fused-ring (bicyclic) bond motifs is 1. The molecule has 2 rings (SSSR count). The van der Waals surface area contributed by atoms with Crippen LogP contribution in [0, 0.1) is 5.92 Å². The number of hydrogen-bond acceptors (Lipinski definition) is 3. The molecular weight excluding hydrogens is 262 g/mol. The van der Waals surface area contributed by atoms with Crippen molar-refractivity contribution >= 4 is 17.9 Å². The van der Waals surface area contributed by atoms with Gasteiger partial charge < -0.3 is 20.6 Å². The summed E-state index contributed by atoms with van der Waals surface area (Å²) in [6.45, 7) is -0.195. The molecule has 0 aromatic carbocycles. The first-order valence-electron chi connectivity index (χ1n) is 6.96. The van der Waals surface area contributed by atoms with Crippen molar-refractivity contribution in [3.63, 3.8) is 0 Å². The van der Waals surface area contributed by atoms with Gasteiger partial charge in [-0.25, -0.2) is 9.59 Å². The molecule has 20 heavy (non-hydrogen) atoms. The molecule has 0 radical (unpaired) electrons. The number of carbonyl (C=O) groups is 3. The molecular formula is C13H21N3O4. The van der Waals surface area contributed by atoms with Crippen molar-refractivity contribution in [1.29, 1.82) is 0 Å². The largest absolute Gasteiger partial charge is 0.480 e. The van der Waals surface area contributed by atoms with Gasteiger partial charge in [-0.15, -0.1) is 0 Å². The zero-order valence-electron chi connectivity index (χ0n) is 11.6. The van der Waals surface area contributed by atoms with Crippen molar-refractivity contribution in [2.24, 2.45) is 11.7 Å². The van der Waals surface area contributed by atoms with Gasteiger partial charge in [-0.05, 0) is 25.2 Å².